The molecule has 0 spiro atoms. The third-order valence-corrected chi connectivity index (χ3v) is 12.7. The first-order valence-corrected chi connectivity index (χ1v) is 20.4. The molecule has 3 heterocycles. The molecule has 4 N–H and O–H groups in total. The summed E-state index contributed by atoms with van der Waals surface area (Å²) in [6.45, 7) is 7.28. The van der Waals surface area contributed by atoms with Gasteiger partial charge in [0.05, 0.1) is 54.4 Å². The number of hydrogen-bond acceptors (Lipinski definition) is 16. The van der Waals surface area contributed by atoms with Crippen LogP contribution in [0.5, 0.6) is 11.5 Å². The van der Waals surface area contributed by atoms with Crippen LogP contribution in [0.2, 0.25) is 0 Å². The highest BCUT2D eigenvalue weighted by molar-refractivity contribution is 6.30. The van der Waals surface area contributed by atoms with Gasteiger partial charge in [-0.25, -0.2) is 0 Å². The molecule has 3 saturated heterocycles. The van der Waals surface area contributed by atoms with Crippen molar-refractivity contribution in [3.63, 3.8) is 0 Å². The molecule has 0 saturated carbocycles. The van der Waals surface area contributed by atoms with E-state index in [0.717, 1.165) is 12.1 Å². The number of fused-ring (bicyclic) bond motifs is 3. The van der Waals surface area contributed by atoms with Crippen LogP contribution in [0, 0.1) is 0 Å². The molecular formula is C43H56N2O14. The van der Waals surface area contributed by atoms with Crippen LogP contribution in [0.25, 0.3) is 0 Å². The van der Waals surface area contributed by atoms with Crippen molar-refractivity contribution in [1.82, 2.24) is 4.90 Å². The Labute approximate surface area is 343 Å². The number of benzene rings is 2. The van der Waals surface area contributed by atoms with Crippen LogP contribution in [-0.2, 0) is 38.0 Å². The van der Waals surface area contributed by atoms with Gasteiger partial charge in [0, 0.05) is 61.2 Å². The standard InChI is InChI=1S/C43H56N2O14/c1-9-43(52)18-29(34-23(36(43)42(51)53-8)15-24-35(39(34)50)38(49)33-22(37(24)48)11-10-12-27(33)46)57-31-16-26(45(6)7)40(20(3)55-31)59-32-17-28(47)41(21(4)56-32)58-30-14-13-25(44-5)19(2)54-30/h10-12,15,19-21,26,28-32,36,40-41,46-47,50,52H,9,13-14,16-18H2,1-8H3/b44-25-/t19?,20?,21?,26-,28-,29+,30+,31+,32+,36+,40-,41-,43-/m1/s1. The number of phenolic OH excluding ortho intramolecular Hbond substituents is 2. The molecule has 16 nitrogen and oxygen atoms in total. The van der Waals surface area contributed by atoms with E-state index >= 15 is 0 Å². The lowest BCUT2D eigenvalue weighted by molar-refractivity contribution is -0.324. The average molecular weight is 825 g/mol. The number of esters is 1. The van der Waals surface area contributed by atoms with Gasteiger partial charge in [-0.1, -0.05) is 19.1 Å². The van der Waals surface area contributed by atoms with E-state index < -0.39 is 96.0 Å². The first kappa shape index (κ1) is 43.3. The van der Waals surface area contributed by atoms with Gasteiger partial charge in [-0.3, -0.25) is 19.4 Å². The van der Waals surface area contributed by atoms with Crippen LogP contribution >= 0.6 is 0 Å². The molecule has 2 aliphatic carbocycles. The lowest BCUT2D eigenvalue weighted by atomic mass is 9.67. The van der Waals surface area contributed by atoms with E-state index in [4.69, 9.17) is 33.2 Å². The van der Waals surface area contributed by atoms with Gasteiger partial charge >= 0.3 is 5.97 Å². The Balaban J connectivity index is 1.12. The van der Waals surface area contributed by atoms with Crippen molar-refractivity contribution in [3.8, 4) is 11.5 Å². The van der Waals surface area contributed by atoms with Crippen molar-refractivity contribution in [2.45, 2.75) is 145 Å². The van der Waals surface area contributed by atoms with E-state index in [2.05, 4.69) is 4.99 Å². The maximum Gasteiger partial charge on any atom is 0.316 e. The predicted octanol–water partition coefficient (Wildman–Crippen LogP) is 3.66. The SMILES string of the molecule is CC[C@@]1(O)C[C@H](O[C@H]2C[C@@H](N(C)C)[C@H](O[C@H]3C[C@@H](O)[C@H](O[C@H]4CC/C(=N/C)C(C)O4)C(C)O3)C(C)O2)c2c(cc3c(c2O)C(=O)c2c(O)cccc2C3=O)[C@H]1C(=O)OC. The number of aliphatic hydroxyl groups is 2. The number of ether oxygens (including phenoxy) is 7. The molecule has 0 aromatic heterocycles. The Hall–Kier alpha value is -3.84. The first-order valence-electron chi connectivity index (χ1n) is 20.4. The zero-order valence-corrected chi connectivity index (χ0v) is 34.7. The molecule has 13 atom stereocenters. The Morgan fingerprint density at radius 2 is 1.61 bits per heavy atom. The summed E-state index contributed by atoms with van der Waals surface area (Å²) >= 11 is 0. The summed E-state index contributed by atoms with van der Waals surface area (Å²) in [5.74, 6) is -4.55. The van der Waals surface area contributed by atoms with E-state index in [1.807, 2.05) is 39.8 Å². The summed E-state index contributed by atoms with van der Waals surface area (Å²) in [7, 11) is 6.70. The van der Waals surface area contributed by atoms with Crippen LogP contribution in [-0.4, -0.2) is 144 Å². The lowest BCUT2D eigenvalue weighted by Crippen LogP contribution is -2.58. The van der Waals surface area contributed by atoms with Crippen LogP contribution in [0.1, 0.15) is 121 Å². The van der Waals surface area contributed by atoms with E-state index in [9.17, 15) is 34.8 Å². The zero-order valence-electron chi connectivity index (χ0n) is 34.7. The van der Waals surface area contributed by atoms with Gasteiger partial charge in [0.15, 0.2) is 24.7 Å². The van der Waals surface area contributed by atoms with Gasteiger partial charge in [0.2, 0.25) is 5.78 Å². The van der Waals surface area contributed by atoms with Crippen molar-refractivity contribution >= 4 is 23.2 Å². The summed E-state index contributed by atoms with van der Waals surface area (Å²) in [5, 5.41) is 46.0. The highest BCUT2D eigenvalue weighted by Gasteiger charge is 2.53. The van der Waals surface area contributed by atoms with Crippen molar-refractivity contribution in [2.75, 3.05) is 28.3 Å². The highest BCUT2D eigenvalue weighted by atomic mass is 16.7. The van der Waals surface area contributed by atoms with E-state index in [-0.39, 0.29) is 71.2 Å². The number of methoxy groups -OCH3 is 1. The Morgan fingerprint density at radius 1 is 0.932 bits per heavy atom. The quantitative estimate of drug-likeness (QED) is 0.227. The number of likely N-dealkylation sites (N-methyl/N-ethyl adjacent to an activating group) is 1. The van der Waals surface area contributed by atoms with Crippen LogP contribution in [0.4, 0.5) is 0 Å². The first-order chi connectivity index (χ1) is 28.0. The average Bonchev–Trinajstić information content (AvgIpc) is 3.18. The number of carbonyl (C=O) groups excluding carboxylic acids is 3. The van der Waals surface area contributed by atoms with Crippen molar-refractivity contribution in [2.24, 2.45) is 4.99 Å². The maximum atomic E-state index is 13.9. The molecule has 3 unspecified atom stereocenters. The third-order valence-electron chi connectivity index (χ3n) is 12.7. The van der Waals surface area contributed by atoms with Gasteiger partial charge in [0.25, 0.3) is 0 Å². The summed E-state index contributed by atoms with van der Waals surface area (Å²) in [6.07, 6.45) is -5.09. The molecular weight excluding hydrogens is 768 g/mol. The number of aromatic hydroxyl groups is 2. The maximum absolute atomic E-state index is 13.9. The van der Waals surface area contributed by atoms with Gasteiger partial charge in [-0.05, 0) is 65.4 Å². The summed E-state index contributed by atoms with van der Waals surface area (Å²) in [5.41, 5.74) is -1.46. The van der Waals surface area contributed by atoms with Crippen LogP contribution in [0.15, 0.2) is 29.3 Å². The molecule has 2 aromatic rings. The summed E-state index contributed by atoms with van der Waals surface area (Å²) < 4.78 is 43.3. The number of aliphatic hydroxyl groups excluding tert-OH is 1. The minimum absolute atomic E-state index is 0.0377. The van der Waals surface area contributed by atoms with Gasteiger partial charge in [-0.15, -0.1) is 0 Å². The van der Waals surface area contributed by atoms with E-state index in [1.54, 1.807) is 14.0 Å². The Morgan fingerprint density at radius 3 is 2.24 bits per heavy atom. The molecule has 59 heavy (non-hydrogen) atoms. The second kappa shape index (κ2) is 16.9. The van der Waals surface area contributed by atoms with Crippen molar-refractivity contribution < 1.29 is 68.0 Å². The third kappa shape index (κ3) is 7.83. The molecule has 5 aliphatic rings. The van der Waals surface area contributed by atoms with Crippen LogP contribution < -0.4 is 0 Å². The Kier molecular flexibility index (Phi) is 12.4. The van der Waals surface area contributed by atoms with Gasteiger partial charge in [-0.2, -0.15) is 0 Å². The van der Waals surface area contributed by atoms with Gasteiger partial charge < -0.3 is 58.5 Å². The molecule has 0 bridgehead atoms. The minimum atomic E-state index is -1.75. The monoisotopic (exact) mass is 824 g/mol. The number of phenols is 2. The molecule has 7 rings (SSSR count). The topological polar surface area (TPSA) is 212 Å². The van der Waals surface area contributed by atoms with Gasteiger partial charge in [0.1, 0.15) is 29.6 Å². The molecule has 16 heteroatoms. The molecule has 0 radical (unpaired) electrons. The van der Waals surface area contributed by atoms with E-state index in [0.29, 0.717) is 6.42 Å². The molecule has 3 fully saturated rings. The number of hydrogen-bond donors (Lipinski definition) is 4. The highest BCUT2D eigenvalue weighted by Crippen LogP contribution is 2.54. The lowest BCUT2D eigenvalue weighted by Gasteiger charge is -2.48. The number of ketones is 2. The fourth-order valence-corrected chi connectivity index (χ4v) is 9.57. The molecule has 3 aliphatic heterocycles. The zero-order chi connectivity index (χ0) is 42.7. The Bertz CT molecular complexity index is 1970. The number of carbonyl (C=O) groups is 3. The number of rotatable bonds is 9. The second-order valence-electron chi connectivity index (χ2n) is 16.5. The molecule has 0 amide bonds. The number of nitrogens with zero attached hydrogens (tertiary/aromatic N) is 2. The summed E-state index contributed by atoms with van der Waals surface area (Å²) in [6, 6.07) is 5.16. The van der Waals surface area contributed by atoms with Crippen molar-refractivity contribution in [3.05, 3.63) is 57.6 Å². The largest absolute Gasteiger partial charge is 0.507 e. The fourth-order valence-electron chi connectivity index (χ4n) is 9.57. The minimum Gasteiger partial charge on any atom is -0.507 e. The fraction of sp³-hybridized carbons (Fsp3) is 0.628. The molecule has 2 aromatic carbocycles. The number of aliphatic imine (C=N–C) groups is 1. The molecule has 322 valence electrons. The van der Waals surface area contributed by atoms with E-state index in [1.165, 1.54) is 31.4 Å². The predicted molar refractivity (Wildman–Crippen MR) is 210 cm³/mol. The summed E-state index contributed by atoms with van der Waals surface area (Å²) in [4.78, 5) is 47.5. The normalized spacial score (nSPS) is 36.6. The van der Waals surface area contributed by atoms with Crippen LogP contribution in [0.3, 0.4) is 0 Å². The smallest absolute Gasteiger partial charge is 0.316 e. The second-order valence-corrected chi connectivity index (χ2v) is 16.5. The van der Waals surface area contributed by atoms with Crippen molar-refractivity contribution in [1.29, 1.82) is 0 Å².